The van der Waals surface area contributed by atoms with Gasteiger partial charge in [0.1, 0.15) is 17.7 Å². The van der Waals surface area contributed by atoms with E-state index in [0.29, 0.717) is 5.92 Å². The quantitative estimate of drug-likeness (QED) is 0.794. The van der Waals surface area contributed by atoms with E-state index in [9.17, 15) is 0 Å². The Balaban J connectivity index is 1.71. The van der Waals surface area contributed by atoms with Crippen LogP contribution >= 0.6 is 0 Å². The molecule has 0 radical (unpaired) electrons. The molecule has 0 bridgehead atoms. The maximum atomic E-state index is 6.10. The van der Waals surface area contributed by atoms with Crippen molar-refractivity contribution in [1.82, 2.24) is 19.4 Å². The van der Waals surface area contributed by atoms with Crippen LogP contribution in [-0.2, 0) is 18.3 Å². The van der Waals surface area contributed by atoms with Crippen LogP contribution in [0.15, 0.2) is 18.6 Å². The Bertz CT molecular complexity index is 743. The van der Waals surface area contributed by atoms with Gasteiger partial charge >= 0.3 is 0 Å². The van der Waals surface area contributed by atoms with Crippen LogP contribution in [0.1, 0.15) is 41.6 Å². The van der Waals surface area contributed by atoms with Crippen LogP contribution in [0.4, 0.5) is 0 Å². The van der Waals surface area contributed by atoms with Crippen molar-refractivity contribution in [3.63, 3.8) is 0 Å². The Morgan fingerprint density at radius 2 is 2.15 bits per heavy atom. The molecule has 2 aromatic heterocycles. The third-order valence-corrected chi connectivity index (χ3v) is 5.27. The summed E-state index contributed by atoms with van der Waals surface area (Å²) in [6.45, 7) is 6.68. The normalized spacial score (nSPS) is 20.5. The summed E-state index contributed by atoms with van der Waals surface area (Å²) in [5.74, 6) is 2.40. The predicted molar refractivity (Wildman–Crippen MR) is 101 cm³/mol. The van der Waals surface area contributed by atoms with E-state index in [2.05, 4.69) is 33.4 Å². The fourth-order valence-electron chi connectivity index (χ4n) is 3.92. The van der Waals surface area contributed by atoms with Crippen molar-refractivity contribution >= 4 is 0 Å². The fourth-order valence-corrected chi connectivity index (χ4v) is 3.92. The van der Waals surface area contributed by atoms with E-state index in [1.807, 2.05) is 32.6 Å². The Morgan fingerprint density at radius 1 is 1.35 bits per heavy atom. The fraction of sp³-hybridized carbons (Fsp3) is 0.600. The summed E-state index contributed by atoms with van der Waals surface area (Å²) in [5.41, 5.74) is 3.27. The van der Waals surface area contributed by atoms with Gasteiger partial charge in [-0.2, -0.15) is 0 Å². The van der Waals surface area contributed by atoms with Crippen molar-refractivity contribution in [1.29, 1.82) is 0 Å². The van der Waals surface area contributed by atoms with Crippen molar-refractivity contribution in [2.45, 2.75) is 39.3 Å². The summed E-state index contributed by atoms with van der Waals surface area (Å²) >= 11 is 0. The summed E-state index contributed by atoms with van der Waals surface area (Å²) in [5, 5.41) is 0. The molecule has 0 N–H and O–H groups in total. The first-order chi connectivity index (χ1) is 12.5. The molecule has 1 aliphatic rings. The van der Waals surface area contributed by atoms with Gasteiger partial charge in [-0.1, -0.05) is 0 Å². The van der Waals surface area contributed by atoms with Crippen LogP contribution in [0.2, 0.25) is 0 Å². The van der Waals surface area contributed by atoms with Crippen LogP contribution in [0.25, 0.3) is 0 Å². The minimum atomic E-state index is 0.0628. The molecular formula is C20H30N4O2. The van der Waals surface area contributed by atoms with Gasteiger partial charge in [-0.15, -0.1) is 0 Å². The number of pyridine rings is 1. The highest BCUT2D eigenvalue weighted by Crippen LogP contribution is 2.33. The van der Waals surface area contributed by atoms with Crippen LogP contribution in [0.5, 0.6) is 5.75 Å². The number of aromatic nitrogens is 3. The van der Waals surface area contributed by atoms with Gasteiger partial charge in [0.05, 0.1) is 12.8 Å². The number of ether oxygens (including phenoxy) is 2. The van der Waals surface area contributed by atoms with Gasteiger partial charge in [0.25, 0.3) is 0 Å². The summed E-state index contributed by atoms with van der Waals surface area (Å²) in [4.78, 5) is 11.5. The van der Waals surface area contributed by atoms with Crippen LogP contribution in [-0.4, -0.2) is 46.7 Å². The van der Waals surface area contributed by atoms with Gasteiger partial charge in [-0.25, -0.2) is 4.98 Å². The molecule has 142 valence electrons. The highest BCUT2D eigenvalue weighted by molar-refractivity contribution is 5.41. The molecule has 2 aromatic rings. The summed E-state index contributed by atoms with van der Waals surface area (Å²) in [7, 11) is 5.91. The molecule has 1 aliphatic heterocycles. The van der Waals surface area contributed by atoms with Gasteiger partial charge in [-0.3, -0.25) is 4.98 Å². The second-order valence-corrected chi connectivity index (χ2v) is 7.33. The number of aryl methyl sites for hydroxylation is 2. The van der Waals surface area contributed by atoms with Crippen molar-refractivity contribution < 1.29 is 9.47 Å². The van der Waals surface area contributed by atoms with Crippen LogP contribution in [0.3, 0.4) is 0 Å². The number of imidazole rings is 1. The zero-order valence-electron chi connectivity index (χ0n) is 16.5. The van der Waals surface area contributed by atoms with Crippen molar-refractivity contribution in [2.24, 2.45) is 13.0 Å². The first-order valence-electron chi connectivity index (χ1n) is 9.27. The minimum Gasteiger partial charge on any atom is -0.496 e. The lowest BCUT2D eigenvalue weighted by atomic mass is 9.93. The number of hydrogen-bond acceptors (Lipinski definition) is 5. The second-order valence-electron chi connectivity index (χ2n) is 7.33. The molecule has 26 heavy (non-hydrogen) atoms. The van der Waals surface area contributed by atoms with Crippen molar-refractivity contribution in [2.75, 3.05) is 27.3 Å². The van der Waals surface area contributed by atoms with E-state index < -0.39 is 0 Å². The maximum absolute atomic E-state index is 6.10. The molecule has 6 nitrogen and oxygen atoms in total. The van der Waals surface area contributed by atoms with Crippen LogP contribution < -0.4 is 4.74 Å². The van der Waals surface area contributed by atoms with E-state index in [4.69, 9.17) is 9.47 Å². The SMILES string of the molecule is COc1c(C)cnc(CN(C)C[C@@H]2CCCO[C@H]2c2nccn2C)c1C. The molecule has 1 fully saturated rings. The third-order valence-electron chi connectivity index (χ3n) is 5.27. The molecule has 0 aliphatic carbocycles. The highest BCUT2D eigenvalue weighted by Gasteiger charge is 2.31. The predicted octanol–water partition coefficient (Wildman–Crippen LogP) is 3.04. The molecule has 0 aromatic carbocycles. The lowest BCUT2D eigenvalue weighted by Gasteiger charge is -2.34. The van der Waals surface area contributed by atoms with Gasteiger partial charge in [0.15, 0.2) is 0 Å². The molecule has 3 heterocycles. The van der Waals surface area contributed by atoms with Crippen LogP contribution in [0, 0.1) is 19.8 Å². The molecule has 2 atom stereocenters. The molecule has 0 unspecified atom stereocenters. The molecule has 0 saturated carbocycles. The van der Waals surface area contributed by atoms with E-state index in [1.54, 1.807) is 7.11 Å². The van der Waals surface area contributed by atoms with E-state index in [-0.39, 0.29) is 6.10 Å². The molecule has 6 heteroatoms. The Morgan fingerprint density at radius 3 is 2.85 bits per heavy atom. The van der Waals surface area contributed by atoms with Gasteiger partial charge < -0.3 is 18.9 Å². The summed E-state index contributed by atoms with van der Waals surface area (Å²) < 4.78 is 13.7. The van der Waals surface area contributed by atoms with Crippen molar-refractivity contribution in [3.8, 4) is 5.75 Å². The monoisotopic (exact) mass is 358 g/mol. The first kappa shape index (κ1) is 18.9. The Kier molecular flexibility index (Phi) is 5.94. The van der Waals surface area contributed by atoms with Crippen molar-refractivity contribution in [3.05, 3.63) is 41.2 Å². The summed E-state index contributed by atoms with van der Waals surface area (Å²) in [6.07, 6.45) is 8.06. The number of hydrogen-bond donors (Lipinski definition) is 0. The van der Waals surface area contributed by atoms with Gasteiger partial charge in [0.2, 0.25) is 0 Å². The smallest absolute Gasteiger partial charge is 0.137 e. The molecule has 1 saturated heterocycles. The zero-order chi connectivity index (χ0) is 18.7. The largest absolute Gasteiger partial charge is 0.496 e. The van der Waals surface area contributed by atoms with E-state index in [0.717, 1.165) is 60.9 Å². The average Bonchev–Trinajstić information content (AvgIpc) is 3.04. The Hall–Kier alpha value is -1.92. The molecule has 0 amide bonds. The zero-order valence-corrected chi connectivity index (χ0v) is 16.5. The number of nitrogens with zero attached hydrogens (tertiary/aromatic N) is 4. The topological polar surface area (TPSA) is 52.4 Å². The third kappa shape index (κ3) is 3.91. The first-order valence-corrected chi connectivity index (χ1v) is 9.27. The summed E-state index contributed by atoms with van der Waals surface area (Å²) in [6, 6.07) is 0. The number of methoxy groups -OCH3 is 1. The maximum Gasteiger partial charge on any atom is 0.137 e. The van der Waals surface area contributed by atoms with Gasteiger partial charge in [0, 0.05) is 62.4 Å². The molecular weight excluding hydrogens is 328 g/mol. The minimum absolute atomic E-state index is 0.0628. The molecule has 3 rings (SSSR count). The standard InChI is InChI=1S/C20H30N4O2/c1-14-11-22-17(15(2)18(14)25-5)13-23(3)12-16-7-6-10-26-19(16)20-21-8-9-24(20)4/h8-9,11,16,19H,6-7,10,12-13H2,1-5H3/t16-,19+/m0/s1. The lowest BCUT2D eigenvalue weighted by molar-refractivity contribution is -0.0439. The van der Waals surface area contributed by atoms with Gasteiger partial charge in [-0.05, 0) is 33.7 Å². The molecule has 0 spiro atoms. The lowest BCUT2D eigenvalue weighted by Crippen LogP contribution is -2.34. The van der Waals surface area contributed by atoms with E-state index >= 15 is 0 Å². The highest BCUT2D eigenvalue weighted by atomic mass is 16.5. The Labute approximate surface area is 156 Å². The number of rotatable bonds is 6. The average molecular weight is 358 g/mol. The van der Waals surface area contributed by atoms with E-state index in [1.165, 1.54) is 0 Å². The second kappa shape index (κ2) is 8.18.